The SMILES string of the molecule is Bc1ccc2c3c(cccc13)-c1c-2c(-c2ccccc2C)c2ccccc2c1-c1ccccc1C. The van der Waals surface area contributed by atoms with Crippen molar-refractivity contribution in [3.63, 3.8) is 0 Å². The monoisotopic (exact) mass is 444 g/mol. The second-order valence-corrected chi connectivity index (χ2v) is 9.83. The zero-order valence-electron chi connectivity index (χ0n) is 20.3. The molecule has 0 amide bonds. The topological polar surface area (TPSA) is 0 Å². The molecule has 0 bridgehead atoms. The van der Waals surface area contributed by atoms with Crippen LogP contribution in [0, 0.1) is 13.8 Å². The Labute approximate surface area is 207 Å². The molecule has 0 fully saturated rings. The molecule has 6 aromatic carbocycles. The van der Waals surface area contributed by atoms with Crippen molar-refractivity contribution < 1.29 is 0 Å². The Kier molecular flexibility index (Phi) is 4.32. The lowest BCUT2D eigenvalue weighted by Crippen LogP contribution is -2.03. The van der Waals surface area contributed by atoms with Crippen LogP contribution in [0.2, 0.25) is 0 Å². The summed E-state index contributed by atoms with van der Waals surface area (Å²) < 4.78 is 0. The molecule has 164 valence electrons. The van der Waals surface area contributed by atoms with Gasteiger partial charge in [0.2, 0.25) is 0 Å². The molecule has 0 nitrogen and oxygen atoms in total. The van der Waals surface area contributed by atoms with Crippen LogP contribution in [0.15, 0.2) is 103 Å². The van der Waals surface area contributed by atoms with E-state index in [1.165, 1.54) is 82.6 Å². The van der Waals surface area contributed by atoms with Gasteiger partial charge in [-0.05, 0) is 91.0 Å². The van der Waals surface area contributed by atoms with Gasteiger partial charge in [-0.1, -0.05) is 109 Å². The van der Waals surface area contributed by atoms with Gasteiger partial charge in [0.25, 0.3) is 0 Å². The summed E-state index contributed by atoms with van der Waals surface area (Å²) in [5, 5.41) is 5.38. The molecule has 0 saturated heterocycles. The minimum atomic E-state index is 1.31. The predicted molar refractivity (Wildman–Crippen MR) is 154 cm³/mol. The zero-order chi connectivity index (χ0) is 23.7. The van der Waals surface area contributed by atoms with Gasteiger partial charge in [0.05, 0.1) is 0 Å². The highest BCUT2D eigenvalue weighted by Gasteiger charge is 2.31. The zero-order valence-corrected chi connectivity index (χ0v) is 20.3. The van der Waals surface area contributed by atoms with Crippen LogP contribution >= 0.6 is 0 Å². The van der Waals surface area contributed by atoms with E-state index in [4.69, 9.17) is 0 Å². The molecule has 0 aromatic heterocycles. The van der Waals surface area contributed by atoms with Crippen LogP contribution in [0.1, 0.15) is 11.1 Å². The van der Waals surface area contributed by atoms with Gasteiger partial charge in [0, 0.05) is 0 Å². The summed E-state index contributed by atoms with van der Waals surface area (Å²) in [7, 11) is 2.23. The first-order valence-electron chi connectivity index (χ1n) is 12.4. The number of hydrogen-bond donors (Lipinski definition) is 0. The molecule has 0 atom stereocenters. The van der Waals surface area contributed by atoms with Crippen LogP contribution in [0.5, 0.6) is 0 Å². The third kappa shape index (κ3) is 2.76. The van der Waals surface area contributed by atoms with Gasteiger partial charge < -0.3 is 0 Å². The molecule has 1 aliphatic rings. The Morgan fingerprint density at radius 2 is 0.857 bits per heavy atom. The average molecular weight is 444 g/mol. The van der Waals surface area contributed by atoms with Gasteiger partial charge in [-0.25, -0.2) is 0 Å². The molecule has 35 heavy (non-hydrogen) atoms. The van der Waals surface area contributed by atoms with Crippen molar-refractivity contribution >= 4 is 34.9 Å². The Morgan fingerprint density at radius 1 is 0.400 bits per heavy atom. The van der Waals surface area contributed by atoms with Crippen molar-refractivity contribution in [1.82, 2.24) is 0 Å². The molecule has 0 saturated carbocycles. The van der Waals surface area contributed by atoms with E-state index in [1.54, 1.807) is 0 Å². The third-order valence-corrected chi connectivity index (χ3v) is 7.84. The quantitative estimate of drug-likeness (QED) is 0.238. The molecule has 7 rings (SSSR count). The van der Waals surface area contributed by atoms with Crippen LogP contribution in [-0.2, 0) is 0 Å². The summed E-state index contributed by atoms with van der Waals surface area (Å²) in [6.07, 6.45) is 0. The van der Waals surface area contributed by atoms with Crippen LogP contribution in [0.25, 0.3) is 66.1 Å². The molecule has 0 radical (unpaired) electrons. The maximum absolute atomic E-state index is 2.35. The van der Waals surface area contributed by atoms with Crippen molar-refractivity contribution in [2.24, 2.45) is 0 Å². The van der Waals surface area contributed by atoms with E-state index < -0.39 is 0 Å². The van der Waals surface area contributed by atoms with Gasteiger partial charge in [0.1, 0.15) is 7.85 Å². The summed E-state index contributed by atoms with van der Waals surface area (Å²) in [6, 6.07) is 38.2. The fraction of sp³-hybridized carbons (Fsp3) is 0.0588. The summed E-state index contributed by atoms with van der Waals surface area (Å²) in [6.45, 7) is 4.47. The van der Waals surface area contributed by atoms with Crippen molar-refractivity contribution in [2.75, 3.05) is 0 Å². The fourth-order valence-corrected chi connectivity index (χ4v) is 6.21. The van der Waals surface area contributed by atoms with Crippen molar-refractivity contribution in [3.8, 4) is 44.5 Å². The van der Waals surface area contributed by atoms with E-state index >= 15 is 0 Å². The molecule has 1 heteroatoms. The number of benzene rings is 6. The highest BCUT2D eigenvalue weighted by molar-refractivity contribution is 6.41. The van der Waals surface area contributed by atoms with Gasteiger partial charge in [-0.3, -0.25) is 0 Å². The van der Waals surface area contributed by atoms with Crippen molar-refractivity contribution in [2.45, 2.75) is 13.8 Å². The highest BCUT2D eigenvalue weighted by Crippen LogP contribution is 2.57. The molecule has 6 aromatic rings. The molecule has 0 aliphatic heterocycles. The maximum Gasteiger partial charge on any atom is 0.140 e. The van der Waals surface area contributed by atoms with Gasteiger partial charge >= 0.3 is 0 Å². The van der Waals surface area contributed by atoms with E-state index in [0.29, 0.717) is 0 Å². The second-order valence-electron chi connectivity index (χ2n) is 9.83. The van der Waals surface area contributed by atoms with Gasteiger partial charge in [-0.2, -0.15) is 0 Å². The lowest BCUT2D eigenvalue weighted by atomic mass is 9.81. The Balaban J connectivity index is 1.79. The number of fused-ring (bicyclic) bond motifs is 4. The number of aryl methyl sites for hydroxylation is 2. The maximum atomic E-state index is 2.35. The minimum absolute atomic E-state index is 1.31. The standard InChI is InChI=1S/C34H25B/c1-20-10-3-5-12-22(20)31-24-14-7-8-15-25(24)32(23-13-6-4-11-21(23)2)34-28-18-19-29(35)26-16-9-17-27(30(26)28)33(31)34/h3-19H,35H2,1-2H3. The summed E-state index contributed by atoms with van der Waals surface area (Å²) in [4.78, 5) is 0. The Morgan fingerprint density at radius 3 is 1.43 bits per heavy atom. The predicted octanol–water partition coefficient (Wildman–Crippen LogP) is 7.85. The Bertz CT molecular complexity index is 1730. The third-order valence-electron chi connectivity index (χ3n) is 7.84. The normalized spacial score (nSPS) is 11.8. The molecular formula is C34H25B. The van der Waals surface area contributed by atoms with E-state index in [9.17, 15) is 0 Å². The van der Waals surface area contributed by atoms with E-state index in [-0.39, 0.29) is 0 Å². The van der Waals surface area contributed by atoms with Crippen LogP contribution in [-0.4, -0.2) is 7.85 Å². The van der Waals surface area contributed by atoms with Crippen LogP contribution in [0.3, 0.4) is 0 Å². The molecule has 0 heterocycles. The first kappa shape index (κ1) is 20.3. The van der Waals surface area contributed by atoms with Gasteiger partial charge in [0.15, 0.2) is 0 Å². The van der Waals surface area contributed by atoms with Crippen LogP contribution < -0.4 is 5.46 Å². The Hall–Kier alpha value is -4.10. The summed E-state index contributed by atoms with van der Waals surface area (Å²) in [5.74, 6) is 0. The smallest absolute Gasteiger partial charge is 0.0812 e. The number of rotatable bonds is 2. The summed E-state index contributed by atoms with van der Waals surface area (Å²) in [5.41, 5.74) is 14.8. The first-order chi connectivity index (χ1) is 17.1. The molecule has 0 unspecified atom stereocenters. The van der Waals surface area contributed by atoms with E-state index in [1.807, 2.05) is 0 Å². The van der Waals surface area contributed by atoms with E-state index in [2.05, 4.69) is 125 Å². The highest BCUT2D eigenvalue weighted by atomic mass is 14.3. The molecule has 1 aliphatic carbocycles. The first-order valence-corrected chi connectivity index (χ1v) is 12.4. The van der Waals surface area contributed by atoms with E-state index in [0.717, 1.165) is 0 Å². The lowest BCUT2D eigenvalue weighted by molar-refractivity contribution is 1.46. The largest absolute Gasteiger partial charge is 0.140 e. The van der Waals surface area contributed by atoms with Crippen molar-refractivity contribution in [3.05, 3.63) is 114 Å². The lowest BCUT2D eigenvalue weighted by Gasteiger charge is -2.22. The number of hydrogen-bond acceptors (Lipinski definition) is 0. The molecule has 0 N–H and O–H groups in total. The second kappa shape index (κ2) is 7.45. The summed E-state index contributed by atoms with van der Waals surface area (Å²) >= 11 is 0. The van der Waals surface area contributed by atoms with Gasteiger partial charge in [-0.15, -0.1) is 0 Å². The molecule has 0 spiro atoms. The van der Waals surface area contributed by atoms with Crippen molar-refractivity contribution in [1.29, 1.82) is 0 Å². The fourth-order valence-electron chi connectivity index (χ4n) is 6.21. The minimum Gasteiger partial charge on any atom is -0.0812 e. The average Bonchev–Trinajstić information content (AvgIpc) is 3.21. The van der Waals surface area contributed by atoms with Crippen LogP contribution in [0.4, 0.5) is 0 Å². The molecular weight excluding hydrogens is 419 g/mol.